The van der Waals surface area contributed by atoms with Crippen LogP contribution in [0.1, 0.15) is 5.82 Å². The summed E-state index contributed by atoms with van der Waals surface area (Å²) in [6.07, 6.45) is 3.93. The van der Waals surface area contributed by atoms with Crippen molar-refractivity contribution in [2.75, 3.05) is 0 Å². The lowest BCUT2D eigenvalue weighted by Gasteiger charge is -2.18. The van der Waals surface area contributed by atoms with Crippen LogP contribution in [0.2, 0.25) is 0 Å². The van der Waals surface area contributed by atoms with Crippen LogP contribution in [0.15, 0.2) is 109 Å². The fourth-order valence-corrected chi connectivity index (χ4v) is 4.66. The second-order valence-corrected chi connectivity index (χ2v) is 8.48. The van der Waals surface area contributed by atoms with Gasteiger partial charge in [0.2, 0.25) is 0 Å². The number of rotatable bonds is 4. The highest BCUT2D eigenvalue weighted by Crippen LogP contribution is 2.38. The predicted molar refractivity (Wildman–Crippen MR) is 139 cm³/mol. The Labute approximate surface area is 198 Å². The zero-order valence-corrected chi connectivity index (χ0v) is 19.2. The minimum atomic E-state index is 0.894. The van der Waals surface area contributed by atoms with E-state index >= 15 is 0 Å². The van der Waals surface area contributed by atoms with E-state index in [1.54, 1.807) is 0 Å². The molecule has 164 valence electrons. The number of aryl methyl sites for hydroxylation is 2. The SMILES string of the molecule is Cc1nc2cc(-c3nccn3-c3c(-c4ccccc4)cccc3-c3ccccc3)ccc2n1C. The summed E-state index contributed by atoms with van der Waals surface area (Å²) < 4.78 is 4.32. The molecule has 34 heavy (non-hydrogen) atoms. The Kier molecular flexibility index (Phi) is 4.84. The van der Waals surface area contributed by atoms with Crippen LogP contribution < -0.4 is 0 Å². The highest BCUT2D eigenvalue weighted by Gasteiger charge is 2.18. The van der Waals surface area contributed by atoms with Gasteiger partial charge in [-0.05, 0) is 36.2 Å². The maximum Gasteiger partial charge on any atom is 0.144 e. The Morgan fingerprint density at radius 2 is 1.32 bits per heavy atom. The fraction of sp³-hybridized carbons (Fsp3) is 0.0667. The van der Waals surface area contributed by atoms with E-state index in [2.05, 4.69) is 112 Å². The molecule has 0 atom stereocenters. The van der Waals surface area contributed by atoms with Crippen molar-refractivity contribution < 1.29 is 0 Å². The third-order valence-corrected chi connectivity index (χ3v) is 6.45. The molecule has 2 aromatic heterocycles. The zero-order chi connectivity index (χ0) is 23.1. The molecule has 0 aliphatic rings. The van der Waals surface area contributed by atoms with Crippen molar-refractivity contribution in [1.82, 2.24) is 19.1 Å². The molecule has 0 radical (unpaired) electrons. The standard InChI is InChI=1S/C30H24N4/c1-21-32-27-20-24(16-17-28(27)33(21)2)30-31-18-19-34(30)29-25(22-10-5-3-6-11-22)14-9-15-26(29)23-12-7-4-8-13-23/h3-20H,1-2H3. The Bertz CT molecular complexity index is 1550. The Morgan fingerprint density at radius 3 is 1.97 bits per heavy atom. The summed E-state index contributed by atoms with van der Waals surface area (Å²) in [6, 6.07) is 34.0. The molecule has 0 unspecified atom stereocenters. The first kappa shape index (κ1) is 20.2. The van der Waals surface area contributed by atoms with Crippen LogP contribution in [0.4, 0.5) is 0 Å². The molecule has 0 saturated heterocycles. The molecule has 6 rings (SSSR count). The molecule has 4 aromatic carbocycles. The van der Waals surface area contributed by atoms with Crippen LogP contribution >= 0.6 is 0 Å². The number of fused-ring (bicyclic) bond motifs is 1. The van der Waals surface area contributed by atoms with Crippen LogP contribution in [0, 0.1) is 6.92 Å². The highest BCUT2D eigenvalue weighted by molar-refractivity contribution is 5.87. The van der Waals surface area contributed by atoms with Gasteiger partial charge in [0.1, 0.15) is 11.6 Å². The van der Waals surface area contributed by atoms with E-state index < -0.39 is 0 Å². The molecule has 0 bridgehead atoms. The quantitative estimate of drug-likeness (QED) is 0.294. The van der Waals surface area contributed by atoms with Crippen molar-refractivity contribution in [3.05, 3.63) is 115 Å². The average Bonchev–Trinajstić information content (AvgIpc) is 3.49. The molecule has 4 heteroatoms. The summed E-state index contributed by atoms with van der Waals surface area (Å²) in [6.45, 7) is 2.03. The van der Waals surface area contributed by atoms with Crippen LogP contribution in [0.3, 0.4) is 0 Å². The van der Waals surface area contributed by atoms with E-state index in [1.807, 2.05) is 20.2 Å². The molecule has 0 spiro atoms. The molecule has 2 heterocycles. The zero-order valence-electron chi connectivity index (χ0n) is 19.2. The molecular weight excluding hydrogens is 416 g/mol. The minimum Gasteiger partial charge on any atom is -0.331 e. The van der Waals surface area contributed by atoms with Gasteiger partial charge in [0.25, 0.3) is 0 Å². The largest absolute Gasteiger partial charge is 0.331 e. The second kappa shape index (κ2) is 8.16. The number of benzene rings is 4. The maximum atomic E-state index is 4.80. The second-order valence-electron chi connectivity index (χ2n) is 8.48. The number of imidazole rings is 2. The van der Waals surface area contributed by atoms with Crippen molar-refractivity contribution in [1.29, 1.82) is 0 Å². The molecule has 0 amide bonds. The van der Waals surface area contributed by atoms with E-state index in [-0.39, 0.29) is 0 Å². The molecule has 0 aliphatic heterocycles. The molecule has 0 N–H and O–H groups in total. The van der Waals surface area contributed by atoms with Gasteiger partial charge in [-0.25, -0.2) is 9.97 Å². The Balaban J connectivity index is 1.61. The van der Waals surface area contributed by atoms with E-state index in [0.717, 1.165) is 45.1 Å². The van der Waals surface area contributed by atoms with E-state index in [0.29, 0.717) is 0 Å². The number of hydrogen-bond donors (Lipinski definition) is 0. The average molecular weight is 441 g/mol. The van der Waals surface area contributed by atoms with Crippen molar-refractivity contribution in [3.63, 3.8) is 0 Å². The minimum absolute atomic E-state index is 0.894. The summed E-state index contributed by atoms with van der Waals surface area (Å²) in [4.78, 5) is 9.54. The topological polar surface area (TPSA) is 35.6 Å². The summed E-state index contributed by atoms with van der Waals surface area (Å²) in [7, 11) is 2.05. The van der Waals surface area contributed by atoms with Gasteiger partial charge in [-0.2, -0.15) is 0 Å². The van der Waals surface area contributed by atoms with Crippen molar-refractivity contribution in [2.45, 2.75) is 6.92 Å². The van der Waals surface area contributed by atoms with Crippen LogP contribution in [-0.2, 0) is 7.05 Å². The third kappa shape index (κ3) is 3.32. The van der Waals surface area contributed by atoms with Gasteiger partial charge >= 0.3 is 0 Å². The van der Waals surface area contributed by atoms with Crippen LogP contribution in [0.25, 0.3) is 50.4 Å². The molecule has 0 aliphatic carbocycles. The molecule has 4 nitrogen and oxygen atoms in total. The summed E-state index contributed by atoms with van der Waals surface area (Å²) in [5.74, 6) is 1.89. The molecule has 0 fully saturated rings. The normalized spacial score (nSPS) is 11.2. The van der Waals surface area contributed by atoms with Gasteiger partial charge in [0, 0.05) is 36.1 Å². The lowest BCUT2D eigenvalue weighted by molar-refractivity contribution is 0.886. The van der Waals surface area contributed by atoms with E-state index in [1.165, 1.54) is 11.1 Å². The third-order valence-electron chi connectivity index (χ3n) is 6.45. The summed E-state index contributed by atoms with van der Waals surface area (Å²) in [5.41, 5.74) is 8.92. The first-order chi connectivity index (χ1) is 16.7. The van der Waals surface area contributed by atoms with Gasteiger partial charge in [0.15, 0.2) is 0 Å². The van der Waals surface area contributed by atoms with Gasteiger partial charge in [-0.1, -0.05) is 78.9 Å². The van der Waals surface area contributed by atoms with Gasteiger partial charge in [-0.3, -0.25) is 4.57 Å². The van der Waals surface area contributed by atoms with E-state index in [4.69, 9.17) is 9.97 Å². The molecule has 0 saturated carbocycles. The first-order valence-electron chi connectivity index (χ1n) is 11.4. The Morgan fingerprint density at radius 1 is 0.676 bits per heavy atom. The highest BCUT2D eigenvalue weighted by atomic mass is 15.1. The van der Waals surface area contributed by atoms with Crippen LogP contribution in [0.5, 0.6) is 0 Å². The smallest absolute Gasteiger partial charge is 0.144 e. The molecular formula is C30H24N4. The van der Waals surface area contributed by atoms with Crippen molar-refractivity contribution in [3.8, 4) is 39.3 Å². The predicted octanol–water partition coefficient (Wildman–Crippen LogP) is 7.07. The van der Waals surface area contributed by atoms with E-state index in [9.17, 15) is 0 Å². The van der Waals surface area contributed by atoms with Crippen molar-refractivity contribution in [2.24, 2.45) is 7.05 Å². The monoisotopic (exact) mass is 440 g/mol. The summed E-state index contributed by atoms with van der Waals surface area (Å²) >= 11 is 0. The number of para-hydroxylation sites is 1. The van der Waals surface area contributed by atoms with Gasteiger partial charge in [-0.15, -0.1) is 0 Å². The lowest BCUT2D eigenvalue weighted by atomic mass is 9.95. The summed E-state index contributed by atoms with van der Waals surface area (Å²) in [5, 5.41) is 0. The van der Waals surface area contributed by atoms with Crippen molar-refractivity contribution >= 4 is 11.0 Å². The first-order valence-corrected chi connectivity index (χ1v) is 11.4. The van der Waals surface area contributed by atoms with Crippen LogP contribution in [-0.4, -0.2) is 19.1 Å². The lowest BCUT2D eigenvalue weighted by Crippen LogP contribution is -2.02. The number of aromatic nitrogens is 4. The van der Waals surface area contributed by atoms with Gasteiger partial charge in [0.05, 0.1) is 16.7 Å². The van der Waals surface area contributed by atoms with Gasteiger partial charge < -0.3 is 4.57 Å². The number of nitrogens with zero attached hydrogens (tertiary/aromatic N) is 4. The molecule has 6 aromatic rings. The number of hydrogen-bond acceptors (Lipinski definition) is 2. The Hall–Kier alpha value is -4.44. The fourth-order valence-electron chi connectivity index (χ4n) is 4.66. The maximum absolute atomic E-state index is 4.80.